The van der Waals surface area contributed by atoms with Gasteiger partial charge in [-0.25, -0.2) is 0 Å². The molecule has 0 aromatic carbocycles. The molecule has 0 spiro atoms. The molecular weight excluding hydrogens is 188 g/mol. The van der Waals surface area contributed by atoms with Gasteiger partial charge in [0.2, 0.25) is 0 Å². The summed E-state index contributed by atoms with van der Waals surface area (Å²) in [4.78, 5) is 0. The van der Waals surface area contributed by atoms with Gasteiger partial charge in [-0.3, -0.25) is 4.68 Å². The van der Waals surface area contributed by atoms with E-state index in [0.29, 0.717) is 6.04 Å². The largest absolute Gasteiger partial charge is 0.393 e. The Labute approximate surface area is 91.1 Å². The molecule has 1 heterocycles. The first kappa shape index (κ1) is 10.7. The van der Waals surface area contributed by atoms with E-state index < -0.39 is 0 Å². The summed E-state index contributed by atoms with van der Waals surface area (Å²) in [6.45, 7) is 4.30. The minimum atomic E-state index is -0.117. The van der Waals surface area contributed by atoms with Crippen molar-refractivity contribution in [1.29, 1.82) is 0 Å². The highest BCUT2D eigenvalue weighted by molar-refractivity contribution is 5.11. The second kappa shape index (κ2) is 4.35. The average molecular weight is 208 g/mol. The van der Waals surface area contributed by atoms with E-state index >= 15 is 0 Å². The number of aliphatic hydroxyl groups is 1. The fraction of sp³-hybridized carbons (Fsp3) is 0.750. The molecule has 0 radical (unpaired) electrons. The molecule has 1 aliphatic rings. The highest BCUT2D eigenvalue weighted by Crippen LogP contribution is 2.30. The summed E-state index contributed by atoms with van der Waals surface area (Å²) in [6, 6.07) is 2.63. The standard InChI is InChI=1S/C12H20N2O/c1-3-9-7-10(4-2)14(13-9)11-5-6-12(15)8-11/h7,11-12,15H,3-6,8H2,1-2H3. The van der Waals surface area contributed by atoms with E-state index in [0.717, 1.165) is 32.1 Å². The second-order valence-corrected chi connectivity index (χ2v) is 4.40. The van der Waals surface area contributed by atoms with Crippen LogP contribution in [-0.2, 0) is 12.8 Å². The Hall–Kier alpha value is -0.830. The van der Waals surface area contributed by atoms with E-state index in [1.165, 1.54) is 11.4 Å². The normalized spacial score (nSPS) is 26.1. The molecule has 0 saturated heterocycles. The van der Waals surface area contributed by atoms with Gasteiger partial charge in [0, 0.05) is 5.69 Å². The lowest BCUT2D eigenvalue weighted by atomic mass is 10.2. The molecule has 1 aliphatic carbocycles. The maximum Gasteiger partial charge on any atom is 0.0624 e. The van der Waals surface area contributed by atoms with Crippen LogP contribution >= 0.6 is 0 Å². The molecular formula is C12H20N2O. The number of rotatable bonds is 3. The average Bonchev–Trinajstić information content (AvgIpc) is 2.82. The summed E-state index contributed by atoms with van der Waals surface area (Å²) in [7, 11) is 0. The minimum Gasteiger partial charge on any atom is -0.393 e. The monoisotopic (exact) mass is 208 g/mol. The Morgan fingerprint density at radius 1 is 1.40 bits per heavy atom. The fourth-order valence-corrected chi connectivity index (χ4v) is 2.40. The lowest BCUT2D eigenvalue weighted by molar-refractivity contribution is 0.176. The lowest BCUT2D eigenvalue weighted by Crippen LogP contribution is -2.11. The lowest BCUT2D eigenvalue weighted by Gasteiger charge is -2.13. The zero-order valence-electron chi connectivity index (χ0n) is 9.61. The SMILES string of the molecule is CCc1cc(CC)n(C2CCC(O)C2)n1. The van der Waals surface area contributed by atoms with E-state index in [-0.39, 0.29) is 6.10 Å². The molecule has 2 atom stereocenters. The van der Waals surface area contributed by atoms with Crippen molar-refractivity contribution < 1.29 is 5.11 Å². The summed E-state index contributed by atoms with van der Waals surface area (Å²) in [6.07, 6.45) is 4.77. The molecule has 84 valence electrons. The number of hydrogen-bond acceptors (Lipinski definition) is 2. The van der Waals surface area contributed by atoms with Gasteiger partial charge in [-0.05, 0) is 38.2 Å². The third kappa shape index (κ3) is 2.07. The maximum absolute atomic E-state index is 9.55. The number of nitrogens with zero attached hydrogens (tertiary/aromatic N) is 2. The summed E-state index contributed by atoms with van der Waals surface area (Å²) in [5.41, 5.74) is 2.49. The Morgan fingerprint density at radius 3 is 2.73 bits per heavy atom. The smallest absolute Gasteiger partial charge is 0.0624 e. The van der Waals surface area contributed by atoms with Gasteiger partial charge in [0.25, 0.3) is 0 Å². The third-order valence-electron chi connectivity index (χ3n) is 3.31. The minimum absolute atomic E-state index is 0.117. The van der Waals surface area contributed by atoms with Crippen molar-refractivity contribution in [2.24, 2.45) is 0 Å². The summed E-state index contributed by atoms with van der Waals surface area (Å²) in [5.74, 6) is 0. The van der Waals surface area contributed by atoms with Gasteiger partial charge >= 0.3 is 0 Å². The van der Waals surface area contributed by atoms with Crippen molar-refractivity contribution in [2.45, 2.75) is 58.1 Å². The molecule has 2 rings (SSSR count). The molecule has 1 aromatic rings. The number of aromatic nitrogens is 2. The zero-order chi connectivity index (χ0) is 10.8. The van der Waals surface area contributed by atoms with E-state index in [4.69, 9.17) is 0 Å². The number of hydrogen-bond donors (Lipinski definition) is 1. The summed E-state index contributed by atoms with van der Waals surface area (Å²) in [5, 5.41) is 14.2. The summed E-state index contributed by atoms with van der Waals surface area (Å²) < 4.78 is 2.15. The van der Waals surface area contributed by atoms with Gasteiger partial charge in [0.15, 0.2) is 0 Å². The van der Waals surface area contributed by atoms with Crippen molar-refractivity contribution in [1.82, 2.24) is 9.78 Å². The first-order chi connectivity index (χ1) is 7.24. The van der Waals surface area contributed by atoms with Crippen LogP contribution in [0.4, 0.5) is 0 Å². The molecule has 0 bridgehead atoms. The van der Waals surface area contributed by atoms with E-state index in [9.17, 15) is 5.11 Å². The van der Waals surface area contributed by atoms with Gasteiger partial charge in [0.1, 0.15) is 0 Å². The van der Waals surface area contributed by atoms with Crippen LogP contribution in [-0.4, -0.2) is 21.0 Å². The number of aliphatic hydroxyl groups excluding tert-OH is 1. The molecule has 3 heteroatoms. The van der Waals surface area contributed by atoms with Crippen molar-refractivity contribution in [3.63, 3.8) is 0 Å². The summed E-state index contributed by atoms with van der Waals surface area (Å²) >= 11 is 0. The second-order valence-electron chi connectivity index (χ2n) is 4.40. The van der Waals surface area contributed by atoms with E-state index in [1.807, 2.05) is 0 Å². The fourth-order valence-electron chi connectivity index (χ4n) is 2.40. The van der Waals surface area contributed by atoms with Gasteiger partial charge in [0.05, 0.1) is 17.8 Å². The van der Waals surface area contributed by atoms with Crippen LogP contribution in [0, 0.1) is 0 Å². The van der Waals surface area contributed by atoms with Gasteiger partial charge in [-0.2, -0.15) is 5.10 Å². The molecule has 1 fully saturated rings. The first-order valence-electron chi connectivity index (χ1n) is 6.00. The molecule has 15 heavy (non-hydrogen) atoms. The van der Waals surface area contributed by atoms with E-state index in [2.05, 4.69) is 29.7 Å². The van der Waals surface area contributed by atoms with Crippen LogP contribution in [0.3, 0.4) is 0 Å². The van der Waals surface area contributed by atoms with Crippen LogP contribution in [0.2, 0.25) is 0 Å². The Bertz CT molecular complexity index is 332. The van der Waals surface area contributed by atoms with Crippen LogP contribution in [0.15, 0.2) is 6.07 Å². The predicted molar refractivity (Wildman–Crippen MR) is 59.9 cm³/mol. The predicted octanol–water partition coefficient (Wildman–Crippen LogP) is 2.09. The highest BCUT2D eigenvalue weighted by Gasteiger charge is 2.26. The molecule has 1 N–H and O–H groups in total. The zero-order valence-corrected chi connectivity index (χ0v) is 9.61. The molecule has 0 aliphatic heterocycles. The van der Waals surface area contributed by atoms with Crippen molar-refractivity contribution in [3.05, 3.63) is 17.5 Å². The molecule has 1 aromatic heterocycles. The Morgan fingerprint density at radius 2 is 2.20 bits per heavy atom. The topological polar surface area (TPSA) is 38.0 Å². The van der Waals surface area contributed by atoms with Crippen molar-refractivity contribution >= 4 is 0 Å². The highest BCUT2D eigenvalue weighted by atomic mass is 16.3. The quantitative estimate of drug-likeness (QED) is 0.826. The van der Waals surface area contributed by atoms with E-state index in [1.54, 1.807) is 0 Å². The molecule has 1 saturated carbocycles. The van der Waals surface area contributed by atoms with Gasteiger partial charge in [-0.1, -0.05) is 13.8 Å². The Balaban J connectivity index is 2.22. The molecule has 3 nitrogen and oxygen atoms in total. The van der Waals surface area contributed by atoms with Crippen LogP contribution in [0.25, 0.3) is 0 Å². The van der Waals surface area contributed by atoms with Crippen LogP contribution in [0.5, 0.6) is 0 Å². The molecule has 2 unspecified atom stereocenters. The molecule has 0 amide bonds. The van der Waals surface area contributed by atoms with Crippen LogP contribution < -0.4 is 0 Å². The number of aryl methyl sites for hydroxylation is 2. The Kier molecular flexibility index (Phi) is 3.10. The van der Waals surface area contributed by atoms with Gasteiger partial charge in [-0.15, -0.1) is 0 Å². The van der Waals surface area contributed by atoms with Crippen molar-refractivity contribution in [2.75, 3.05) is 0 Å². The van der Waals surface area contributed by atoms with Gasteiger partial charge < -0.3 is 5.11 Å². The third-order valence-corrected chi connectivity index (χ3v) is 3.31. The van der Waals surface area contributed by atoms with Crippen LogP contribution in [0.1, 0.15) is 50.5 Å². The maximum atomic E-state index is 9.55. The van der Waals surface area contributed by atoms with Crippen molar-refractivity contribution in [3.8, 4) is 0 Å². The first-order valence-corrected chi connectivity index (χ1v) is 6.00.